The maximum absolute atomic E-state index is 14.1. The van der Waals surface area contributed by atoms with E-state index in [4.69, 9.17) is 0 Å². The average molecular weight is 457 g/mol. The van der Waals surface area contributed by atoms with Gasteiger partial charge in [0.25, 0.3) is 0 Å². The molecule has 2 aromatic rings. The number of ether oxygens (including phenoxy) is 1. The summed E-state index contributed by atoms with van der Waals surface area (Å²) in [7, 11) is 0.948. The van der Waals surface area contributed by atoms with Gasteiger partial charge in [0.05, 0.1) is 7.11 Å². The SMILES string of the molecule is C=C1CC(=O)C2=C(C1)NC(O)(C(F)(F)F)C(C(=O)OC)C2c1ccc(-c2ccccc2)cc1. The number of esters is 1. The fourth-order valence-corrected chi connectivity index (χ4v) is 4.64. The Labute approximate surface area is 188 Å². The third kappa shape index (κ3) is 3.84. The predicted octanol–water partition coefficient (Wildman–Crippen LogP) is 4.25. The molecule has 0 saturated heterocycles. The predicted molar refractivity (Wildman–Crippen MR) is 115 cm³/mol. The van der Waals surface area contributed by atoms with Crippen molar-refractivity contribution in [1.29, 1.82) is 0 Å². The van der Waals surface area contributed by atoms with Crippen LogP contribution in [-0.4, -0.2) is 35.9 Å². The molecule has 33 heavy (non-hydrogen) atoms. The third-order valence-electron chi connectivity index (χ3n) is 6.16. The summed E-state index contributed by atoms with van der Waals surface area (Å²) in [6.45, 7) is 3.73. The number of rotatable bonds is 3. The lowest BCUT2D eigenvalue weighted by atomic mass is 9.67. The first-order valence-electron chi connectivity index (χ1n) is 10.3. The molecule has 172 valence electrons. The molecule has 0 saturated carbocycles. The van der Waals surface area contributed by atoms with Gasteiger partial charge in [-0.2, -0.15) is 13.2 Å². The molecule has 2 aliphatic rings. The molecule has 0 aromatic heterocycles. The maximum Gasteiger partial charge on any atom is 0.437 e. The fraction of sp³-hybridized carbons (Fsp3) is 0.280. The number of methoxy groups -OCH3 is 1. The van der Waals surface area contributed by atoms with Gasteiger partial charge in [0.15, 0.2) is 5.78 Å². The van der Waals surface area contributed by atoms with E-state index in [0.29, 0.717) is 11.1 Å². The highest BCUT2D eigenvalue weighted by Crippen LogP contribution is 2.51. The average Bonchev–Trinajstić information content (AvgIpc) is 2.77. The van der Waals surface area contributed by atoms with Crippen LogP contribution in [0.3, 0.4) is 0 Å². The van der Waals surface area contributed by atoms with Crippen molar-refractivity contribution < 1.29 is 32.6 Å². The van der Waals surface area contributed by atoms with Gasteiger partial charge in [-0.25, -0.2) is 0 Å². The van der Waals surface area contributed by atoms with E-state index >= 15 is 0 Å². The quantitative estimate of drug-likeness (QED) is 0.532. The molecular weight excluding hydrogens is 435 g/mol. The molecule has 4 rings (SSSR count). The number of halogens is 3. The van der Waals surface area contributed by atoms with Crippen LogP contribution in [0.15, 0.2) is 78.0 Å². The summed E-state index contributed by atoms with van der Waals surface area (Å²) in [6.07, 6.45) is -5.31. The van der Waals surface area contributed by atoms with E-state index in [9.17, 15) is 27.9 Å². The minimum absolute atomic E-state index is 0.0358. The van der Waals surface area contributed by atoms with Crippen LogP contribution in [0.2, 0.25) is 0 Å². The zero-order chi connectivity index (χ0) is 24.0. The molecule has 2 N–H and O–H groups in total. The van der Waals surface area contributed by atoms with Gasteiger partial charge in [0.1, 0.15) is 5.92 Å². The molecule has 3 atom stereocenters. The van der Waals surface area contributed by atoms with Gasteiger partial charge in [0.2, 0.25) is 5.72 Å². The van der Waals surface area contributed by atoms with Gasteiger partial charge in [-0.05, 0) is 16.7 Å². The minimum atomic E-state index is -5.23. The summed E-state index contributed by atoms with van der Waals surface area (Å²) in [5, 5.41) is 12.9. The Morgan fingerprint density at radius 1 is 1.09 bits per heavy atom. The Balaban J connectivity index is 1.91. The number of carbonyl (C=O) groups is 2. The van der Waals surface area contributed by atoms with E-state index in [1.54, 1.807) is 24.3 Å². The van der Waals surface area contributed by atoms with Gasteiger partial charge >= 0.3 is 12.1 Å². The van der Waals surface area contributed by atoms with Crippen LogP contribution in [0.25, 0.3) is 11.1 Å². The summed E-state index contributed by atoms with van der Waals surface area (Å²) in [5.74, 6) is -5.20. The zero-order valence-electron chi connectivity index (χ0n) is 17.8. The van der Waals surface area contributed by atoms with E-state index in [1.165, 1.54) is 0 Å². The molecular formula is C25H22F3NO4. The summed E-state index contributed by atoms with van der Waals surface area (Å²) in [4.78, 5) is 25.6. The van der Waals surface area contributed by atoms with Gasteiger partial charge in [-0.3, -0.25) is 9.59 Å². The van der Waals surface area contributed by atoms with Crippen molar-refractivity contribution in [2.45, 2.75) is 30.7 Å². The Morgan fingerprint density at radius 2 is 1.70 bits per heavy atom. The second-order valence-electron chi connectivity index (χ2n) is 8.27. The zero-order valence-corrected chi connectivity index (χ0v) is 17.8. The topological polar surface area (TPSA) is 75.6 Å². The van der Waals surface area contributed by atoms with Crippen LogP contribution < -0.4 is 5.32 Å². The molecule has 2 aromatic carbocycles. The lowest BCUT2D eigenvalue weighted by Crippen LogP contribution is -2.67. The molecule has 3 unspecified atom stereocenters. The van der Waals surface area contributed by atoms with Crippen molar-refractivity contribution in [3.8, 4) is 11.1 Å². The largest absolute Gasteiger partial charge is 0.469 e. The van der Waals surface area contributed by atoms with Crippen molar-refractivity contribution >= 4 is 11.8 Å². The molecule has 1 heterocycles. The van der Waals surface area contributed by atoms with Crippen LogP contribution >= 0.6 is 0 Å². The van der Waals surface area contributed by atoms with Gasteiger partial charge in [0, 0.05) is 30.0 Å². The number of hydrogen-bond donors (Lipinski definition) is 2. The highest BCUT2D eigenvalue weighted by atomic mass is 19.4. The van der Waals surface area contributed by atoms with E-state index in [-0.39, 0.29) is 24.1 Å². The molecule has 0 radical (unpaired) electrons. The number of aliphatic hydroxyl groups is 1. The number of alkyl halides is 3. The summed E-state index contributed by atoms with van der Waals surface area (Å²) >= 11 is 0. The molecule has 0 bridgehead atoms. The Kier molecular flexibility index (Phi) is 5.66. The first-order valence-corrected chi connectivity index (χ1v) is 10.3. The second-order valence-corrected chi connectivity index (χ2v) is 8.27. The van der Waals surface area contributed by atoms with Crippen LogP contribution in [0, 0.1) is 5.92 Å². The number of Topliss-reactive ketones (excluding diaryl/α,β-unsaturated/α-hetero) is 1. The minimum Gasteiger partial charge on any atom is -0.469 e. The smallest absolute Gasteiger partial charge is 0.437 e. The number of hydrogen-bond acceptors (Lipinski definition) is 5. The normalized spacial score (nSPS) is 25.4. The lowest BCUT2D eigenvalue weighted by molar-refractivity contribution is -0.293. The van der Waals surface area contributed by atoms with Gasteiger partial charge in [-0.1, -0.05) is 66.7 Å². The Hall–Kier alpha value is -3.39. The number of benzene rings is 2. The first kappa shape index (κ1) is 22.8. The Bertz CT molecular complexity index is 1140. The number of allylic oxidation sites excluding steroid dienone is 2. The van der Waals surface area contributed by atoms with Crippen LogP contribution in [0.4, 0.5) is 13.2 Å². The van der Waals surface area contributed by atoms with E-state index in [2.05, 4.69) is 16.6 Å². The molecule has 0 fully saturated rings. The van der Waals surface area contributed by atoms with E-state index < -0.39 is 35.5 Å². The van der Waals surface area contributed by atoms with Gasteiger partial charge in [-0.15, -0.1) is 0 Å². The number of carbonyl (C=O) groups excluding carboxylic acids is 2. The monoisotopic (exact) mass is 457 g/mol. The van der Waals surface area contributed by atoms with Crippen molar-refractivity contribution in [3.63, 3.8) is 0 Å². The summed E-state index contributed by atoms with van der Waals surface area (Å²) in [6, 6.07) is 15.9. The molecule has 0 amide bonds. The third-order valence-corrected chi connectivity index (χ3v) is 6.16. The fourth-order valence-electron chi connectivity index (χ4n) is 4.64. The standard InChI is InChI=1S/C25H22F3NO4/c1-14-12-18-21(19(30)13-14)20(22(23(31)33-2)24(32,29-18)25(26,27)28)17-10-8-16(9-11-17)15-6-4-3-5-7-15/h3-11,20,22,29,32H,1,12-13H2,2H3. The highest BCUT2D eigenvalue weighted by molar-refractivity contribution is 6.01. The van der Waals surface area contributed by atoms with Crippen LogP contribution in [0.5, 0.6) is 0 Å². The molecule has 0 spiro atoms. The summed E-state index contributed by atoms with van der Waals surface area (Å²) in [5.41, 5.74) is -1.23. The first-order chi connectivity index (χ1) is 15.6. The van der Waals surface area contributed by atoms with Crippen LogP contribution in [-0.2, 0) is 14.3 Å². The number of ketones is 1. The second kappa shape index (κ2) is 8.19. The Morgan fingerprint density at radius 3 is 2.27 bits per heavy atom. The van der Waals surface area contributed by atoms with Crippen molar-refractivity contribution in [3.05, 3.63) is 83.6 Å². The number of nitrogens with one attached hydrogen (secondary N) is 1. The van der Waals surface area contributed by atoms with Crippen molar-refractivity contribution in [1.82, 2.24) is 5.32 Å². The maximum atomic E-state index is 14.1. The van der Waals surface area contributed by atoms with E-state index in [0.717, 1.165) is 18.2 Å². The van der Waals surface area contributed by atoms with E-state index in [1.807, 2.05) is 30.3 Å². The molecule has 5 nitrogen and oxygen atoms in total. The molecule has 8 heteroatoms. The van der Waals surface area contributed by atoms with Crippen LogP contribution in [0.1, 0.15) is 24.3 Å². The van der Waals surface area contributed by atoms with Crippen molar-refractivity contribution in [2.75, 3.05) is 7.11 Å². The van der Waals surface area contributed by atoms with Crippen molar-refractivity contribution in [2.24, 2.45) is 5.92 Å². The highest BCUT2D eigenvalue weighted by Gasteiger charge is 2.67. The summed E-state index contributed by atoms with van der Waals surface area (Å²) < 4.78 is 47.1. The van der Waals surface area contributed by atoms with Gasteiger partial charge < -0.3 is 15.2 Å². The molecule has 1 aliphatic heterocycles. The molecule has 1 aliphatic carbocycles. The lowest BCUT2D eigenvalue weighted by Gasteiger charge is -2.47.